The van der Waals surface area contributed by atoms with Crippen LogP contribution < -0.4 is 0 Å². The van der Waals surface area contributed by atoms with Gasteiger partial charge in [0.15, 0.2) is 0 Å². The quantitative estimate of drug-likeness (QED) is 0.609. The first-order chi connectivity index (χ1) is 5.20. The number of hydrogen-bond donors (Lipinski definition) is 2. The molecular formula is C7H16O3S. The first kappa shape index (κ1) is 11.2. The van der Waals surface area contributed by atoms with E-state index < -0.39 is 6.10 Å². The molecule has 0 fully saturated rings. The SMILES string of the molecule is COCC(C)SCC(O)CO. The predicted molar refractivity (Wildman–Crippen MR) is 46.9 cm³/mol. The fourth-order valence-electron chi connectivity index (χ4n) is 0.611. The minimum Gasteiger partial charge on any atom is -0.394 e. The van der Waals surface area contributed by atoms with Crippen LogP contribution in [0.3, 0.4) is 0 Å². The van der Waals surface area contributed by atoms with Crippen molar-refractivity contribution < 1.29 is 14.9 Å². The lowest BCUT2D eigenvalue weighted by atomic mass is 10.4. The Labute approximate surface area is 71.8 Å². The second kappa shape index (κ2) is 6.91. The van der Waals surface area contributed by atoms with Gasteiger partial charge in [-0.05, 0) is 0 Å². The Bertz CT molecular complexity index is 89.8. The third-order valence-corrected chi connectivity index (χ3v) is 2.47. The van der Waals surface area contributed by atoms with Crippen molar-refractivity contribution in [2.75, 3.05) is 26.1 Å². The van der Waals surface area contributed by atoms with E-state index in [1.165, 1.54) is 0 Å². The highest BCUT2D eigenvalue weighted by atomic mass is 32.2. The Morgan fingerprint density at radius 3 is 2.64 bits per heavy atom. The fourth-order valence-corrected chi connectivity index (χ4v) is 1.50. The third-order valence-electron chi connectivity index (χ3n) is 1.19. The summed E-state index contributed by atoms with van der Waals surface area (Å²) in [7, 11) is 1.65. The third kappa shape index (κ3) is 6.62. The summed E-state index contributed by atoms with van der Waals surface area (Å²) >= 11 is 1.60. The maximum absolute atomic E-state index is 8.96. The van der Waals surface area contributed by atoms with Crippen molar-refractivity contribution in [3.8, 4) is 0 Å². The zero-order chi connectivity index (χ0) is 8.69. The first-order valence-electron chi connectivity index (χ1n) is 3.60. The molecule has 68 valence electrons. The summed E-state index contributed by atoms with van der Waals surface area (Å²) in [4.78, 5) is 0. The van der Waals surface area contributed by atoms with Gasteiger partial charge in [-0.25, -0.2) is 0 Å². The van der Waals surface area contributed by atoms with Gasteiger partial charge in [0.25, 0.3) is 0 Å². The van der Waals surface area contributed by atoms with E-state index in [1.54, 1.807) is 18.9 Å². The van der Waals surface area contributed by atoms with Crippen molar-refractivity contribution in [3.63, 3.8) is 0 Å². The standard InChI is InChI=1S/C7H16O3S/c1-6(4-10-2)11-5-7(9)3-8/h6-9H,3-5H2,1-2H3. The molecule has 2 N–H and O–H groups in total. The molecule has 0 heterocycles. The number of methoxy groups -OCH3 is 1. The maximum atomic E-state index is 8.96. The van der Waals surface area contributed by atoms with E-state index in [4.69, 9.17) is 14.9 Å². The molecule has 4 heteroatoms. The Balaban J connectivity index is 3.22. The summed E-state index contributed by atoms with van der Waals surface area (Å²) in [6, 6.07) is 0. The highest BCUT2D eigenvalue weighted by Gasteiger charge is 2.06. The second-order valence-corrected chi connectivity index (χ2v) is 3.91. The lowest BCUT2D eigenvalue weighted by Crippen LogP contribution is -2.18. The molecule has 0 saturated heterocycles. The summed E-state index contributed by atoms with van der Waals surface area (Å²) in [6.45, 7) is 2.55. The van der Waals surface area contributed by atoms with E-state index in [0.29, 0.717) is 17.6 Å². The molecule has 0 aliphatic carbocycles. The molecule has 0 rings (SSSR count). The average Bonchev–Trinajstić information content (AvgIpc) is 2.01. The topological polar surface area (TPSA) is 49.7 Å². The van der Waals surface area contributed by atoms with Crippen LogP contribution in [0.4, 0.5) is 0 Å². The molecule has 0 aromatic rings. The van der Waals surface area contributed by atoms with Crippen molar-refractivity contribution in [2.45, 2.75) is 18.3 Å². The van der Waals surface area contributed by atoms with E-state index in [1.807, 2.05) is 6.92 Å². The predicted octanol–water partition coefficient (Wildman–Crippen LogP) is 0.108. The summed E-state index contributed by atoms with van der Waals surface area (Å²) in [5, 5.41) is 17.8. The van der Waals surface area contributed by atoms with Gasteiger partial charge in [-0.3, -0.25) is 0 Å². The van der Waals surface area contributed by atoms with Crippen LogP contribution in [0.5, 0.6) is 0 Å². The number of ether oxygens (including phenoxy) is 1. The molecule has 0 bridgehead atoms. The van der Waals surface area contributed by atoms with Gasteiger partial charge in [-0.1, -0.05) is 6.92 Å². The number of rotatable bonds is 6. The minimum atomic E-state index is -0.598. The normalized spacial score (nSPS) is 16.4. The highest BCUT2D eigenvalue weighted by molar-refractivity contribution is 7.99. The van der Waals surface area contributed by atoms with E-state index in [0.717, 1.165) is 0 Å². The highest BCUT2D eigenvalue weighted by Crippen LogP contribution is 2.11. The summed E-state index contributed by atoms with van der Waals surface area (Å²) in [6.07, 6.45) is -0.598. The largest absolute Gasteiger partial charge is 0.394 e. The molecule has 0 aromatic heterocycles. The minimum absolute atomic E-state index is 0.160. The monoisotopic (exact) mass is 180 g/mol. The summed E-state index contributed by atoms with van der Waals surface area (Å²) in [5.74, 6) is 0.570. The Kier molecular flexibility index (Phi) is 7.06. The van der Waals surface area contributed by atoms with Gasteiger partial charge in [0, 0.05) is 18.1 Å². The number of aliphatic hydroxyl groups is 2. The molecule has 11 heavy (non-hydrogen) atoms. The number of hydrogen-bond acceptors (Lipinski definition) is 4. The number of thioether (sulfide) groups is 1. The Morgan fingerprint density at radius 1 is 1.55 bits per heavy atom. The van der Waals surface area contributed by atoms with Gasteiger partial charge in [-0.15, -0.1) is 0 Å². The van der Waals surface area contributed by atoms with E-state index in [9.17, 15) is 0 Å². The van der Waals surface area contributed by atoms with E-state index in [-0.39, 0.29) is 6.61 Å². The van der Waals surface area contributed by atoms with Gasteiger partial charge < -0.3 is 14.9 Å². The molecule has 0 saturated carbocycles. The van der Waals surface area contributed by atoms with Crippen LogP contribution in [0.15, 0.2) is 0 Å². The molecule has 0 radical (unpaired) electrons. The summed E-state index contributed by atoms with van der Waals surface area (Å²) < 4.78 is 4.90. The van der Waals surface area contributed by atoms with Crippen molar-refractivity contribution >= 4 is 11.8 Å². The zero-order valence-electron chi connectivity index (χ0n) is 6.99. The summed E-state index contributed by atoms with van der Waals surface area (Å²) in [5.41, 5.74) is 0. The van der Waals surface area contributed by atoms with E-state index in [2.05, 4.69) is 0 Å². The van der Waals surface area contributed by atoms with Gasteiger partial charge in [0.1, 0.15) is 0 Å². The fraction of sp³-hybridized carbons (Fsp3) is 1.00. The van der Waals surface area contributed by atoms with Crippen molar-refractivity contribution in [1.29, 1.82) is 0 Å². The van der Waals surface area contributed by atoms with Crippen molar-refractivity contribution in [2.24, 2.45) is 0 Å². The lowest BCUT2D eigenvalue weighted by molar-refractivity contribution is 0.113. The van der Waals surface area contributed by atoms with Crippen LogP contribution in [0.1, 0.15) is 6.92 Å². The molecular weight excluding hydrogens is 164 g/mol. The first-order valence-corrected chi connectivity index (χ1v) is 4.65. The van der Waals surface area contributed by atoms with Gasteiger partial charge in [0.05, 0.1) is 19.3 Å². The molecule has 2 atom stereocenters. The van der Waals surface area contributed by atoms with Crippen molar-refractivity contribution in [1.82, 2.24) is 0 Å². The molecule has 0 amide bonds. The maximum Gasteiger partial charge on any atom is 0.0861 e. The van der Waals surface area contributed by atoms with Crippen molar-refractivity contribution in [3.05, 3.63) is 0 Å². The Hall–Kier alpha value is 0.230. The van der Waals surface area contributed by atoms with Crippen LogP contribution in [-0.4, -0.2) is 47.6 Å². The average molecular weight is 180 g/mol. The zero-order valence-corrected chi connectivity index (χ0v) is 7.80. The van der Waals surface area contributed by atoms with Crippen LogP contribution in [0.2, 0.25) is 0 Å². The second-order valence-electron chi connectivity index (χ2n) is 2.44. The molecule has 2 unspecified atom stereocenters. The Morgan fingerprint density at radius 2 is 2.18 bits per heavy atom. The van der Waals surface area contributed by atoms with Gasteiger partial charge in [0.2, 0.25) is 0 Å². The van der Waals surface area contributed by atoms with Crippen LogP contribution in [0.25, 0.3) is 0 Å². The molecule has 0 spiro atoms. The van der Waals surface area contributed by atoms with Gasteiger partial charge in [-0.2, -0.15) is 11.8 Å². The molecule has 3 nitrogen and oxygen atoms in total. The number of aliphatic hydroxyl groups excluding tert-OH is 2. The van der Waals surface area contributed by atoms with Gasteiger partial charge >= 0.3 is 0 Å². The molecule has 0 aromatic carbocycles. The van der Waals surface area contributed by atoms with Crippen LogP contribution >= 0.6 is 11.8 Å². The van der Waals surface area contributed by atoms with Crippen LogP contribution in [-0.2, 0) is 4.74 Å². The van der Waals surface area contributed by atoms with E-state index >= 15 is 0 Å². The molecule has 0 aliphatic heterocycles. The van der Waals surface area contributed by atoms with Crippen LogP contribution in [0, 0.1) is 0 Å². The molecule has 0 aliphatic rings. The smallest absolute Gasteiger partial charge is 0.0861 e. The lowest BCUT2D eigenvalue weighted by Gasteiger charge is -2.11.